The fraction of sp³-hybridized carbons (Fsp3) is 0.818. The first kappa shape index (κ1) is 13.9. The molecule has 6 nitrogen and oxygen atoms in total. The van der Waals surface area contributed by atoms with Crippen molar-refractivity contribution in [3.63, 3.8) is 0 Å². The summed E-state index contributed by atoms with van der Waals surface area (Å²) in [5.74, 6) is -3.64. The zero-order valence-electron chi connectivity index (χ0n) is 10.6. The predicted octanol–water partition coefficient (Wildman–Crippen LogP) is 1.30. The highest BCUT2D eigenvalue weighted by atomic mass is 17.2. The second-order valence-electron chi connectivity index (χ2n) is 5.81. The van der Waals surface area contributed by atoms with Crippen LogP contribution in [0.2, 0.25) is 0 Å². The van der Waals surface area contributed by atoms with Crippen LogP contribution in [0.5, 0.6) is 0 Å². The molecule has 0 amide bonds. The van der Waals surface area contributed by atoms with Crippen molar-refractivity contribution in [2.45, 2.75) is 45.8 Å². The molecule has 1 fully saturated rings. The third-order valence-corrected chi connectivity index (χ3v) is 2.99. The largest absolute Gasteiger partial charge is 0.481 e. The minimum Gasteiger partial charge on any atom is -0.481 e. The molecule has 0 saturated heterocycles. The molecule has 1 aliphatic carbocycles. The Hall–Kier alpha value is -1.14. The van der Waals surface area contributed by atoms with Gasteiger partial charge in [0.05, 0.1) is 5.60 Å². The topological polar surface area (TPSA) is 93.1 Å². The van der Waals surface area contributed by atoms with Crippen molar-refractivity contribution < 1.29 is 29.6 Å². The van der Waals surface area contributed by atoms with Gasteiger partial charge < -0.3 is 10.2 Å². The molecule has 2 atom stereocenters. The zero-order valence-corrected chi connectivity index (χ0v) is 10.6. The van der Waals surface area contributed by atoms with Crippen LogP contribution >= 0.6 is 0 Å². The number of carboxylic acid groups (broad SMARTS) is 2. The smallest absolute Gasteiger partial charge is 0.340 e. The molecule has 0 aromatic carbocycles. The molecule has 0 bridgehead atoms. The van der Waals surface area contributed by atoms with Gasteiger partial charge >= 0.3 is 11.9 Å². The van der Waals surface area contributed by atoms with Gasteiger partial charge in [-0.1, -0.05) is 13.8 Å². The summed E-state index contributed by atoms with van der Waals surface area (Å²) in [6.07, 6.45) is 0. The summed E-state index contributed by atoms with van der Waals surface area (Å²) in [6.45, 7) is 8.13. The van der Waals surface area contributed by atoms with Crippen LogP contribution in [0.4, 0.5) is 0 Å². The quantitative estimate of drug-likeness (QED) is 0.573. The van der Waals surface area contributed by atoms with Gasteiger partial charge in [-0.3, -0.25) is 4.79 Å². The number of aliphatic carboxylic acids is 2. The molecule has 1 rings (SSSR count). The van der Waals surface area contributed by atoms with E-state index in [9.17, 15) is 14.7 Å². The highest BCUT2D eigenvalue weighted by Crippen LogP contribution is 2.64. The van der Waals surface area contributed by atoms with E-state index in [2.05, 4.69) is 0 Å². The second kappa shape index (κ2) is 3.68. The lowest BCUT2D eigenvalue weighted by Crippen LogP contribution is -2.36. The fourth-order valence-electron chi connectivity index (χ4n) is 1.99. The van der Waals surface area contributed by atoms with E-state index in [4.69, 9.17) is 14.9 Å². The van der Waals surface area contributed by atoms with Crippen LogP contribution in [-0.4, -0.2) is 33.4 Å². The Morgan fingerprint density at radius 3 is 1.88 bits per heavy atom. The van der Waals surface area contributed by atoms with Gasteiger partial charge in [-0.15, -0.1) is 0 Å². The van der Waals surface area contributed by atoms with Crippen molar-refractivity contribution in [2.24, 2.45) is 11.3 Å². The molecule has 6 heteroatoms. The molecule has 2 unspecified atom stereocenters. The van der Waals surface area contributed by atoms with Gasteiger partial charge in [-0.25, -0.2) is 14.6 Å². The summed E-state index contributed by atoms with van der Waals surface area (Å²) in [6, 6.07) is 0. The second-order valence-corrected chi connectivity index (χ2v) is 5.81. The third kappa shape index (κ3) is 2.02. The summed E-state index contributed by atoms with van der Waals surface area (Å²) in [5, 5.41) is 18.2. The SMILES string of the molecule is CC(C)(C)OOC1(C(=O)O)C(C(=O)O)C1(C)C. The van der Waals surface area contributed by atoms with E-state index >= 15 is 0 Å². The van der Waals surface area contributed by atoms with E-state index in [1.807, 2.05) is 0 Å². The molecule has 17 heavy (non-hydrogen) atoms. The molecular formula is C11H18O6. The molecule has 1 saturated carbocycles. The molecule has 98 valence electrons. The van der Waals surface area contributed by atoms with Crippen molar-refractivity contribution >= 4 is 11.9 Å². The first-order chi connectivity index (χ1) is 7.47. The maximum atomic E-state index is 11.3. The summed E-state index contributed by atoms with van der Waals surface area (Å²) >= 11 is 0. The van der Waals surface area contributed by atoms with E-state index in [0.29, 0.717) is 0 Å². The fourth-order valence-corrected chi connectivity index (χ4v) is 1.99. The lowest BCUT2D eigenvalue weighted by atomic mass is 10.1. The number of carboxylic acids is 2. The van der Waals surface area contributed by atoms with Crippen LogP contribution in [-0.2, 0) is 19.4 Å². The van der Waals surface area contributed by atoms with Crippen LogP contribution in [0.1, 0.15) is 34.6 Å². The molecule has 0 radical (unpaired) electrons. The van der Waals surface area contributed by atoms with Gasteiger partial charge in [0.25, 0.3) is 0 Å². The van der Waals surface area contributed by atoms with Crippen molar-refractivity contribution in [1.82, 2.24) is 0 Å². The summed E-state index contributed by atoms with van der Waals surface area (Å²) in [7, 11) is 0. The number of hydrogen-bond donors (Lipinski definition) is 2. The molecule has 0 aromatic heterocycles. The summed E-state index contributed by atoms with van der Waals surface area (Å²) in [4.78, 5) is 32.3. The Morgan fingerprint density at radius 2 is 1.65 bits per heavy atom. The van der Waals surface area contributed by atoms with E-state index in [0.717, 1.165) is 0 Å². The van der Waals surface area contributed by atoms with Gasteiger partial charge in [0.1, 0.15) is 5.92 Å². The standard InChI is InChI=1S/C11H18O6/c1-9(2,3)16-17-11(8(14)15)6(7(12)13)10(11,4)5/h6H,1-5H3,(H,12,13)(H,14,15). The number of rotatable bonds is 4. The van der Waals surface area contributed by atoms with Crippen molar-refractivity contribution in [2.75, 3.05) is 0 Å². The van der Waals surface area contributed by atoms with Crippen LogP contribution in [0, 0.1) is 11.3 Å². The minimum absolute atomic E-state index is 0.704. The third-order valence-electron chi connectivity index (χ3n) is 2.99. The van der Waals surface area contributed by atoms with Gasteiger partial charge in [-0.2, -0.15) is 0 Å². The van der Waals surface area contributed by atoms with Crippen LogP contribution in [0.15, 0.2) is 0 Å². The summed E-state index contributed by atoms with van der Waals surface area (Å²) < 4.78 is 0. The van der Waals surface area contributed by atoms with E-state index in [1.54, 1.807) is 20.8 Å². The molecule has 0 aliphatic heterocycles. The molecule has 2 N–H and O–H groups in total. The maximum absolute atomic E-state index is 11.3. The molecule has 0 spiro atoms. The number of carbonyl (C=O) groups is 2. The van der Waals surface area contributed by atoms with E-state index in [1.165, 1.54) is 13.8 Å². The Balaban J connectivity index is 2.95. The van der Waals surface area contributed by atoms with Crippen LogP contribution < -0.4 is 0 Å². The minimum atomic E-state index is -1.81. The maximum Gasteiger partial charge on any atom is 0.340 e. The van der Waals surface area contributed by atoms with Gasteiger partial charge in [0.2, 0.25) is 5.60 Å². The first-order valence-electron chi connectivity index (χ1n) is 5.30. The Labute approximate surface area is 99.5 Å². The molecule has 1 aliphatic rings. The average molecular weight is 246 g/mol. The van der Waals surface area contributed by atoms with Crippen molar-refractivity contribution in [3.8, 4) is 0 Å². The Bertz CT molecular complexity index is 353. The van der Waals surface area contributed by atoms with Gasteiger partial charge in [-0.05, 0) is 20.8 Å². The van der Waals surface area contributed by atoms with E-state index in [-0.39, 0.29) is 0 Å². The number of hydrogen-bond acceptors (Lipinski definition) is 4. The van der Waals surface area contributed by atoms with Crippen molar-refractivity contribution in [3.05, 3.63) is 0 Å². The van der Waals surface area contributed by atoms with Gasteiger partial charge in [0, 0.05) is 5.41 Å². The van der Waals surface area contributed by atoms with E-state index < -0.39 is 34.5 Å². The van der Waals surface area contributed by atoms with Gasteiger partial charge in [0.15, 0.2) is 0 Å². The lowest BCUT2D eigenvalue weighted by Gasteiger charge is -2.22. The highest BCUT2D eigenvalue weighted by Gasteiger charge is 2.83. The first-order valence-corrected chi connectivity index (χ1v) is 5.30. The monoisotopic (exact) mass is 246 g/mol. The molecular weight excluding hydrogens is 228 g/mol. The van der Waals surface area contributed by atoms with Crippen LogP contribution in [0.3, 0.4) is 0 Å². The van der Waals surface area contributed by atoms with Crippen molar-refractivity contribution in [1.29, 1.82) is 0 Å². The normalized spacial score (nSPS) is 31.0. The predicted molar refractivity (Wildman–Crippen MR) is 57.2 cm³/mol. The Kier molecular flexibility index (Phi) is 3.01. The lowest BCUT2D eigenvalue weighted by molar-refractivity contribution is -0.382. The molecule has 0 aromatic rings. The molecule has 0 heterocycles. The van der Waals surface area contributed by atoms with Crippen LogP contribution in [0.25, 0.3) is 0 Å². The Morgan fingerprint density at radius 1 is 1.18 bits per heavy atom. The zero-order chi connectivity index (χ0) is 13.6. The summed E-state index contributed by atoms with van der Waals surface area (Å²) in [5.41, 5.74) is -3.52. The highest BCUT2D eigenvalue weighted by molar-refractivity contribution is 5.94. The average Bonchev–Trinajstić information content (AvgIpc) is 2.59.